The second kappa shape index (κ2) is 6.02. The first-order valence-electron chi connectivity index (χ1n) is 7.08. The molecule has 0 bridgehead atoms. The highest BCUT2D eigenvalue weighted by atomic mass is 16.3. The van der Waals surface area contributed by atoms with Gasteiger partial charge in [-0.05, 0) is 24.3 Å². The molecule has 1 atom stereocenters. The number of hydrogen-bond donors (Lipinski definition) is 2. The lowest BCUT2D eigenvalue weighted by molar-refractivity contribution is -0.114. The van der Waals surface area contributed by atoms with Gasteiger partial charge in [-0.1, -0.05) is 18.2 Å². The molecule has 1 amide bonds. The van der Waals surface area contributed by atoms with Gasteiger partial charge in [-0.15, -0.1) is 0 Å². The second-order valence-electron chi connectivity index (χ2n) is 5.14. The van der Waals surface area contributed by atoms with Gasteiger partial charge in [-0.2, -0.15) is 0 Å². The second-order valence-corrected chi connectivity index (χ2v) is 5.14. The van der Waals surface area contributed by atoms with Crippen LogP contribution in [-0.4, -0.2) is 26.2 Å². The lowest BCUT2D eigenvalue weighted by Crippen LogP contribution is -2.15. The van der Waals surface area contributed by atoms with E-state index >= 15 is 0 Å². The summed E-state index contributed by atoms with van der Waals surface area (Å²) in [6.45, 7) is 1.39. The maximum atomic E-state index is 12.5. The maximum Gasteiger partial charge on any atom is 0.221 e. The molecule has 0 radical (unpaired) electrons. The maximum absolute atomic E-state index is 12.5. The number of aliphatic hydroxyl groups is 1. The van der Waals surface area contributed by atoms with Gasteiger partial charge in [0.25, 0.3) is 0 Å². The Kier molecular flexibility index (Phi) is 3.91. The number of pyridine rings is 1. The summed E-state index contributed by atoms with van der Waals surface area (Å²) >= 11 is 0. The molecule has 23 heavy (non-hydrogen) atoms. The predicted octanol–water partition coefficient (Wildman–Crippen LogP) is 2.21. The first kappa shape index (κ1) is 14.9. The summed E-state index contributed by atoms with van der Waals surface area (Å²) in [5, 5.41) is 13.0. The van der Waals surface area contributed by atoms with Gasteiger partial charge in [0.2, 0.25) is 5.91 Å². The molecule has 2 heterocycles. The predicted molar refractivity (Wildman–Crippen MR) is 85.2 cm³/mol. The summed E-state index contributed by atoms with van der Waals surface area (Å²) in [4.78, 5) is 27.8. The molecule has 1 aromatic carbocycles. The molecule has 6 heteroatoms. The van der Waals surface area contributed by atoms with Crippen LogP contribution in [0.15, 0.2) is 54.9 Å². The van der Waals surface area contributed by atoms with E-state index in [4.69, 9.17) is 0 Å². The molecule has 2 aromatic heterocycles. The van der Waals surface area contributed by atoms with Crippen LogP contribution in [0, 0.1) is 0 Å². The molecule has 0 saturated carbocycles. The van der Waals surface area contributed by atoms with Gasteiger partial charge in [-0.3, -0.25) is 9.59 Å². The number of aliphatic hydroxyl groups excluding tert-OH is 1. The van der Waals surface area contributed by atoms with Crippen LogP contribution < -0.4 is 5.32 Å². The lowest BCUT2D eigenvalue weighted by Gasteiger charge is -2.11. The number of aromatic nitrogens is 2. The van der Waals surface area contributed by atoms with Crippen LogP contribution in [0.5, 0.6) is 0 Å². The van der Waals surface area contributed by atoms with E-state index in [9.17, 15) is 14.7 Å². The molecule has 0 aliphatic heterocycles. The molecule has 1 unspecified atom stereocenters. The number of ketones is 1. The number of hydrogen-bond acceptors (Lipinski definition) is 4. The van der Waals surface area contributed by atoms with Crippen LogP contribution in [0.4, 0.5) is 5.69 Å². The van der Waals surface area contributed by atoms with Gasteiger partial charge >= 0.3 is 0 Å². The highest BCUT2D eigenvalue weighted by Crippen LogP contribution is 2.21. The number of rotatable bonds is 4. The van der Waals surface area contributed by atoms with Crippen LogP contribution in [0.1, 0.15) is 29.1 Å². The Labute approximate surface area is 132 Å². The van der Waals surface area contributed by atoms with Crippen molar-refractivity contribution in [1.29, 1.82) is 0 Å². The monoisotopic (exact) mass is 309 g/mol. The van der Waals surface area contributed by atoms with Crippen molar-refractivity contribution in [3.63, 3.8) is 0 Å². The van der Waals surface area contributed by atoms with E-state index in [1.54, 1.807) is 40.9 Å². The smallest absolute Gasteiger partial charge is 0.221 e. The summed E-state index contributed by atoms with van der Waals surface area (Å²) in [7, 11) is 0. The van der Waals surface area contributed by atoms with Gasteiger partial charge in [0, 0.05) is 24.4 Å². The van der Waals surface area contributed by atoms with Crippen molar-refractivity contribution >= 4 is 23.0 Å². The average molecular weight is 309 g/mol. The Hall–Kier alpha value is -2.99. The quantitative estimate of drug-likeness (QED) is 0.724. The van der Waals surface area contributed by atoms with Crippen molar-refractivity contribution in [3.8, 4) is 0 Å². The van der Waals surface area contributed by atoms with Gasteiger partial charge in [-0.25, -0.2) is 4.98 Å². The Balaban J connectivity index is 1.92. The summed E-state index contributed by atoms with van der Waals surface area (Å²) in [6.07, 6.45) is 1.89. The fourth-order valence-corrected chi connectivity index (χ4v) is 2.40. The minimum absolute atomic E-state index is 0.225. The van der Waals surface area contributed by atoms with Crippen molar-refractivity contribution in [1.82, 2.24) is 9.38 Å². The number of carbonyl (C=O) groups is 2. The third kappa shape index (κ3) is 2.97. The third-order valence-corrected chi connectivity index (χ3v) is 3.44. The fraction of sp³-hybridized carbons (Fsp3) is 0.118. The zero-order valence-electron chi connectivity index (χ0n) is 12.4. The van der Waals surface area contributed by atoms with Crippen LogP contribution in [0.2, 0.25) is 0 Å². The van der Waals surface area contributed by atoms with Crippen LogP contribution in [0.3, 0.4) is 0 Å². The van der Waals surface area contributed by atoms with Crippen LogP contribution in [0.25, 0.3) is 5.65 Å². The summed E-state index contributed by atoms with van der Waals surface area (Å²) in [6, 6.07) is 11.9. The molecule has 0 spiro atoms. The Bertz CT molecular complexity index is 885. The lowest BCUT2D eigenvalue weighted by atomic mass is 10.0. The van der Waals surface area contributed by atoms with Crippen LogP contribution in [-0.2, 0) is 4.79 Å². The number of anilines is 1. The first-order valence-corrected chi connectivity index (χ1v) is 7.08. The van der Waals surface area contributed by atoms with E-state index in [1.807, 2.05) is 6.07 Å². The largest absolute Gasteiger partial charge is 0.379 e. The number of Topliss-reactive ketones (excluding diaryl/α,β-unsaturated/α-hetero) is 1. The molecule has 0 saturated heterocycles. The van der Waals surface area contributed by atoms with E-state index < -0.39 is 11.9 Å². The molecule has 0 aliphatic carbocycles. The van der Waals surface area contributed by atoms with E-state index in [2.05, 4.69) is 10.3 Å². The zero-order chi connectivity index (χ0) is 16.4. The molecule has 6 nitrogen and oxygen atoms in total. The normalized spacial score (nSPS) is 12.1. The van der Waals surface area contributed by atoms with Crippen molar-refractivity contribution < 1.29 is 14.7 Å². The van der Waals surface area contributed by atoms with E-state index in [1.165, 1.54) is 19.2 Å². The summed E-state index contributed by atoms with van der Waals surface area (Å²) in [5.41, 5.74) is 1.88. The molecule has 3 aromatic rings. The van der Waals surface area contributed by atoms with Crippen molar-refractivity contribution in [2.75, 3.05) is 5.32 Å². The van der Waals surface area contributed by atoms with E-state index in [0.717, 1.165) is 0 Å². The van der Waals surface area contributed by atoms with Crippen molar-refractivity contribution in [2.45, 2.75) is 13.0 Å². The van der Waals surface area contributed by atoms with Gasteiger partial charge in [0.15, 0.2) is 11.9 Å². The number of amides is 1. The van der Waals surface area contributed by atoms with Crippen molar-refractivity contribution in [2.24, 2.45) is 0 Å². The van der Waals surface area contributed by atoms with Gasteiger partial charge in [0.1, 0.15) is 5.65 Å². The molecule has 116 valence electrons. The van der Waals surface area contributed by atoms with Gasteiger partial charge < -0.3 is 14.8 Å². The van der Waals surface area contributed by atoms with E-state index in [-0.39, 0.29) is 5.91 Å². The van der Waals surface area contributed by atoms with Crippen molar-refractivity contribution in [3.05, 3.63) is 66.1 Å². The van der Waals surface area contributed by atoms with Crippen LogP contribution >= 0.6 is 0 Å². The van der Waals surface area contributed by atoms with Gasteiger partial charge in [0.05, 0.1) is 11.9 Å². The Morgan fingerprint density at radius 1 is 1.22 bits per heavy atom. The average Bonchev–Trinajstić information content (AvgIpc) is 2.97. The topological polar surface area (TPSA) is 83.7 Å². The Morgan fingerprint density at radius 2 is 2.04 bits per heavy atom. The molecule has 2 N–H and O–H groups in total. The standard InChI is InChI=1S/C17H15N3O3/c1-11(21)19-13-6-4-5-12(9-13)16(22)17(23)14-10-18-15-7-2-3-8-20(14)15/h2-10,17,23H,1H3,(H,19,21). The highest BCUT2D eigenvalue weighted by molar-refractivity contribution is 6.01. The minimum Gasteiger partial charge on any atom is -0.379 e. The molecular weight excluding hydrogens is 294 g/mol. The number of nitrogens with zero attached hydrogens (tertiary/aromatic N) is 2. The Morgan fingerprint density at radius 3 is 2.83 bits per heavy atom. The zero-order valence-corrected chi connectivity index (χ0v) is 12.4. The molecule has 3 rings (SSSR count). The third-order valence-electron chi connectivity index (χ3n) is 3.44. The molecular formula is C17H15N3O3. The number of benzene rings is 1. The SMILES string of the molecule is CC(=O)Nc1cccc(C(=O)C(O)c2cnc3ccccn23)c1. The summed E-state index contributed by atoms with van der Waals surface area (Å²) < 4.78 is 1.67. The first-order chi connectivity index (χ1) is 11.1. The summed E-state index contributed by atoms with van der Waals surface area (Å²) in [5.74, 6) is -0.681. The number of imidazole rings is 1. The molecule has 0 fully saturated rings. The molecule has 0 aliphatic rings. The highest BCUT2D eigenvalue weighted by Gasteiger charge is 2.22. The fourth-order valence-electron chi connectivity index (χ4n) is 2.40. The number of carbonyl (C=O) groups excluding carboxylic acids is 2. The number of fused-ring (bicyclic) bond motifs is 1. The van der Waals surface area contributed by atoms with E-state index in [0.29, 0.717) is 22.6 Å². The minimum atomic E-state index is -1.33. The number of nitrogens with one attached hydrogen (secondary N) is 1.